The Morgan fingerprint density at radius 1 is 1.25 bits per heavy atom. The Labute approximate surface area is 169 Å². The Hall–Kier alpha value is -1.67. The van der Waals surface area contributed by atoms with Gasteiger partial charge in [0.25, 0.3) is 0 Å². The number of nitrogens with zero attached hydrogens (tertiary/aromatic N) is 6. The third-order valence-corrected chi connectivity index (χ3v) is 5.76. The predicted octanol–water partition coefficient (Wildman–Crippen LogP) is 1.27. The maximum absolute atomic E-state index is 5.44. The number of ether oxygens (including phenoxy) is 1. The smallest absolute Gasteiger partial charge is 0.194 e. The Bertz CT molecular complexity index is 636. The zero-order chi connectivity index (χ0) is 19.9. The van der Waals surface area contributed by atoms with Gasteiger partial charge in [-0.25, -0.2) is 4.99 Å². The molecule has 1 aromatic rings. The molecule has 1 N–H and O–H groups in total. The van der Waals surface area contributed by atoms with Crippen molar-refractivity contribution >= 4 is 5.96 Å². The molecule has 8 heteroatoms. The van der Waals surface area contributed by atoms with Gasteiger partial charge in [0.15, 0.2) is 11.8 Å². The molecule has 2 fully saturated rings. The monoisotopic (exact) mass is 391 g/mol. The van der Waals surface area contributed by atoms with Gasteiger partial charge in [0, 0.05) is 46.3 Å². The Morgan fingerprint density at radius 2 is 2.04 bits per heavy atom. The highest BCUT2D eigenvalue weighted by molar-refractivity contribution is 5.80. The number of aliphatic imine (C=N–C) groups is 1. The highest BCUT2D eigenvalue weighted by Crippen LogP contribution is 2.23. The van der Waals surface area contributed by atoms with Gasteiger partial charge in [-0.15, -0.1) is 10.2 Å². The van der Waals surface area contributed by atoms with E-state index in [1.54, 1.807) is 0 Å². The molecule has 2 aliphatic heterocycles. The van der Waals surface area contributed by atoms with Crippen LogP contribution in [-0.4, -0.2) is 83.0 Å². The molecule has 1 unspecified atom stereocenters. The molecule has 0 spiro atoms. The molecule has 3 rings (SSSR count). The van der Waals surface area contributed by atoms with Crippen LogP contribution < -0.4 is 5.32 Å². The lowest BCUT2D eigenvalue weighted by Gasteiger charge is -2.28. The summed E-state index contributed by atoms with van der Waals surface area (Å²) in [5, 5.41) is 12.0. The molecule has 0 amide bonds. The van der Waals surface area contributed by atoms with Crippen molar-refractivity contribution in [2.45, 2.75) is 40.2 Å². The first kappa shape index (κ1) is 21.0. The van der Waals surface area contributed by atoms with E-state index < -0.39 is 0 Å². The van der Waals surface area contributed by atoms with Crippen LogP contribution in [0.5, 0.6) is 0 Å². The van der Waals surface area contributed by atoms with Gasteiger partial charge in [0.05, 0.1) is 13.2 Å². The molecule has 28 heavy (non-hydrogen) atoms. The molecule has 0 bridgehead atoms. The van der Waals surface area contributed by atoms with Crippen LogP contribution in [0.25, 0.3) is 0 Å². The molecule has 0 radical (unpaired) electrons. The quantitative estimate of drug-likeness (QED) is 0.558. The summed E-state index contributed by atoms with van der Waals surface area (Å²) in [6.07, 6.45) is 2.55. The number of aryl methyl sites for hydroxylation is 1. The average Bonchev–Trinajstić information content (AvgIpc) is 3.26. The van der Waals surface area contributed by atoms with Gasteiger partial charge >= 0.3 is 0 Å². The number of nitrogens with one attached hydrogen (secondary N) is 1. The van der Waals surface area contributed by atoms with Crippen molar-refractivity contribution in [3.8, 4) is 0 Å². The second kappa shape index (κ2) is 10.2. The molecule has 2 aliphatic rings. The molecule has 158 valence electrons. The fraction of sp³-hybridized carbons (Fsp3) is 0.850. The molecule has 1 aromatic heterocycles. The third kappa shape index (κ3) is 5.91. The summed E-state index contributed by atoms with van der Waals surface area (Å²) in [4.78, 5) is 9.79. The van der Waals surface area contributed by atoms with Crippen molar-refractivity contribution in [2.24, 2.45) is 23.9 Å². The minimum atomic E-state index is 0.558. The molecular formula is C20H37N7O. The first-order valence-electron chi connectivity index (χ1n) is 10.7. The van der Waals surface area contributed by atoms with E-state index in [-0.39, 0.29) is 0 Å². The Kier molecular flexibility index (Phi) is 7.67. The van der Waals surface area contributed by atoms with Crippen LogP contribution in [0.4, 0.5) is 0 Å². The molecule has 0 saturated carbocycles. The van der Waals surface area contributed by atoms with Crippen LogP contribution >= 0.6 is 0 Å². The molecule has 8 nitrogen and oxygen atoms in total. The first-order chi connectivity index (χ1) is 13.5. The topological polar surface area (TPSA) is 70.8 Å². The van der Waals surface area contributed by atoms with E-state index in [9.17, 15) is 0 Å². The molecule has 2 saturated heterocycles. The highest BCUT2D eigenvalue weighted by atomic mass is 16.5. The molecule has 1 atom stereocenters. The summed E-state index contributed by atoms with van der Waals surface area (Å²) in [5.74, 6) is 4.36. The summed E-state index contributed by atoms with van der Waals surface area (Å²) in [5.41, 5.74) is 0. The minimum absolute atomic E-state index is 0.558. The van der Waals surface area contributed by atoms with Gasteiger partial charge < -0.3 is 19.5 Å². The Balaban J connectivity index is 1.59. The molecule has 0 aliphatic carbocycles. The van der Waals surface area contributed by atoms with E-state index in [4.69, 9.17) is 9.73 Å². The van der Waals surface area contributed by atoms with Crippen molar-refractivity contribution < 1.29 is 4.74 Å². The maximum Gasteiger partial charge on any atom is 0.194 e. The standard InChI is InChI=1S/C20H37N7O/c1-16(2)13-18-5-7-27(15-18)20(21-6-8-26-9-11-28-12-10-26)22-14-19-24-23-17(3)25(19)4/h16,18H,5-15H2,1-4H3,(H,21,22). The zero-order valence-corrected chi connectivity index (χ0v) is 18.0. The minimum Gasteiger partial charge on any atom is -0.379 e. The van der Waals surface area contributed by atoms with E-state index in [1.165, 1.54) is 12.8 Å². The van der Waals surface area contributed by atoms with E-state index in [0.717, 1.165) is 81.9 Å². The SMILES string of the molecule is Cc1nnc(CN=C(NCCN2CCOCC2)N2CCC(CC(C)C)C2)n1C. The summed E-state index contributed by atoms with van der Waals surface area (Å²) in [6, 6.07) is 0. The molecule has 3 heterocycles. The summed E-state index contributed by atoms with van der Waals surface area (Å²) in [6.45, 7) is 15.0. The van der Waals surface area contributed by atoms with Gasteiger partial charge in [-0.2, -0.15) is 0 Å². The van der Waals surface area contributed by atoms with E-state index >= 15 is 0 Å². The summed E-state index contributed by atoms with van der Waals surface area (Å²) >= 11 is 0. The van der Waals surface area contributed by atoms with Gasteiger partial charge in [0.2, 0.25) is 0 Å². The second-order valence-electron chi connectivity index (χ2n) is 8.47. The van der Waals surface area contributed by atoms with E-state index in [2.05, 4.69) is 39.2 Å². The van der Waals surface area contributed by atoms with Gasteiger partial charge in [-0.05, 0) is 31.6 Å². The molecule has 0 aromatic carbocycles. The lowest BCUT2D eigenvalue weighted by atomic mass is 9.97. The van der Waals surface area contributed by atoms with E-state index in [1.807, 2.05) is 18.5 Å². The first-order valence-corrected chi connectivity index (χ1v) is 10.7. The van der Waals surface area contributed by atoms with Crippen LogP contribution in [-0.2, 0) is 18.3 Å². The fourth-order valence-corrected chi connectivity index (χ4v) is 4.04. The number of hydrogen-bond donors (Lipinski definition) is 1. The summed E-state index contributed by atoms with van der Waals surface area (Å²) in [7, 11) is 2.00. The number of guanidine groups is 1. The van der Waals surface area contributed by atoms with Crippen LogP contribution in [0, 0.1) is 18.8 Å². The fourth-order valence-electron chi connectivity index (χ4n) is 4.04. The van der Waals surface area contributed by atoms with Crippen molar-refractivity contribution in [3.05, 3.63) is 11.6 Å². The van der Waals surface area contributed by atoms with Crippen LogP contribution in [0.2, 0.25) is 0 Å². The van der Waals surface area contributed by atoms with Crippen LogP contribution in [0.3, 0.4) is 0 Å². The predicted molar refractivity (Wildman–Crippen MR) is 111 cm³/mol. The largest absolute Gasteiger partial charge is 0.379 e. The Morgan fingerprint density at radius 3 is 2.71 bits per heavy atom. The number of likely N-dealkylation sites (tertiary alicyclic amines) is 1. The lowest BCUT2D eigenvalue weighted by Crippen LogP contribution is -2.45. The van der Waals surface area contributed by atoms with Gasteiger partial charge in [-0.3, -0.25) is 4.90 Å². The van der Waals surface area contributed by atoms with Crippen LogP contribution in [0.15, 0.2) is 4.99 Å². The number of morpholine rings is 1. The third-order valence-electron chi connectivity index (χ3n) is 5.76. The van der Waals surface area contributed by atoms with Crippen LogP contribution in [0.1, 0.15) is 38.3 Å². The average molecular weight is 392 g/mol. The number of rotatable bonds is 7. The van der Waals surface area contributed by atoms with Crippen molar-refractivity contribution in [1.82, 2.24) is 29.9 Å². The second-order valence-corrected chi connectivity index (χ2v) is 8.47. The van der Waals surface area contributed by atoms with Crippen molar-refractivity contribution in [2.75, 3.05) is 52.5 Å². The van der Waals surface area contributed by atoms with Crippen molar-refractivity contribution in [1.29, 1.82) is 0 Å². The lowest BCUT2D eigenvalue weighted by molar-refractivity contribution is 0.0388. The maximum atomic E-state index is 5.44. The number of hydrogen-bond acceptors (Lipinski definition) is 5. The van der Waals surface area contributed by atoms with E-state index in [0.29, 0.717) is 6.54 Å². The van der Waals surface area contributed by atoms with Gasteiger partial charge in [0.1, 0.15) is 12.4 Å². The number of aromatic nitrogens is 3. The summed E-state index contributed by atoms with van der Waals surface area (Å²) < 4.78 is 7.46. The van der Waals surface area contributed by atoms with Gasteiger partial charge in [-0.1, -0.05) is 13.8 Å². The zero-order valence-electron chi connectivity index (χ0n) is 18.0. The normalized spacial score (nSPS) is 21.7. The highest BCUT2D eigenvalue weighted by Gasteiger charge is 2.25. The van der Waals surface area contributed by atoms with Crippen molar-refractivity contribution in [3.63, 3.8) is 0 Å². The molecular weight excluding hydrogens is 354 g/mol.